The van der Waals surface area contributed by atoms with E-state index in [1.807, 2.05) is 42.6 Å². The summed E-state index contributed by atoms with van der Waals surface area (Å²) in [7, 11) is 0. The molecule has 51 heavy (non-hydrogen) atoms. The predicted molar refractivity (Wildman–Crippen MR) is 197 cm³/mol. The largest absolute Gasteiger partial charge is 2.00 e. The maximum absolute atomic E-state index is 6.52. The molecule has 3 heterocycles. The van der Waals surface area contributed by atoms with Crippen molar-refractivity contribution in [3.05, 3.63) is 174 Å². The van der Waals surface area contributed by atoms with Gasteiger partial charge < -0.3 is 9.30 Å². The second-order valence-electron chi connectivity index (χ2n) is 13.5. The molecule has 11 rings (SSSR count). The van der Waals surface area contributed by atoms with Crippen molar-refractivity contribution in [3.63, 3.8) is 0 Å². The summed E-state index contributed by atoms with van der Waals surface area (Å²) in [6.45, 7) is 0. The molecular formula is C45H30N4OPt. The third-order valence-corrected chi connectivity index (χ3v) is 11.0. The number of benzene rings is 5. The average Bonchev–Trinajstić information content (AvgIpc) is 3.91. The van der Waals surface area contributed by atoms with Gasteiger partial charge in [-0.15, -0.1) is 35.7 Å². The molecule has 5 aromatic carbocycles. The van der Waals surface area contributed by atoms with E-state index in [2.05, 4.69) is 117 Å². The molecule has 1 atom stereocenters. The van der Waals surface area contributed by atoms with E-state index in [-0.39, 0.29) is 26.5 Å². The van der Waals surface area contributed by atoms with E-state index in [4.69, 9.17) is 9.84 Å². The summed E-state index contributed by atoms with van der Waals surface area (Å²) in [4.78, 5) is 4.66. The Morgan fingerprint density at radius 3 is 2.29 bits per heavy atom. The molecule has 0 saturated carbocycles. The van der Waals surface area contributed by atoms with Gasteiger partial charge in [0.05, 0.1) is 17.3 Å². The molecule has 1 spiro atoms. The van der Waals surface area contributed by atoms with Crippen LogP contribution in [-0.4, -0.2) is 19.3 Å². The van der Waals surface area contributed by atoms with E-state index in [1.165, 1.54) is 40.7 Å². The van der Waals surface area contributed by atoms with Gasteiger partial charge in [0, 0.05) is 34.3 Å². The summed E-state index contributed by atoms with van der Waals surface area (Å²) >= 11 is 0. The van der Waals surface area contributed by atoms with Crippen molar-refractivity contribution < 1.29 is 25.8 Å². The zero-order valence-electron chi connectivity index (χ0n) is 27.5. The first-order valence-corrected chi connectivity index (χ1v) is 17.4. The minimum atomic E-state index is -0.304. The van der Waals surface area contributed by atoms with Gasteiger partial charge in [-0.25, -0.2) is 4.98 Å². The van der Waals surface area contributed by atoms with E-state index >= 15 is 0 Å². The fourth-order valence-electron chi connectivity index (χ4n) is 9.09. The van der Waals surface area contributed by atoms with Crippen LogP contribution in [0.1, 0.15) is 47.9 Å². The van der Waals surface area contributed by atoms with E-state index in [0.717, 1.165) is 51.8 Å². The quantitative estimate of drug-likeness (QED) is 0.166. The Labute approximate surface area is 310 Å². The average molecular weight is 838 g/mol. The summed E-state index contributed by atoms with van der Waals surface area (Å²) < 4.78 is 10.7. The Hall–Kier alpha value is -5.51. The third-order valence-electron chi connectivity index (χ3n) is 11.0. The number of allylic oxidation sites excluding steroid dienone is 2. The number of hydrogen-bond acceptors (Lipinski definition) is 3. The zero-order valence-corrected chi connectivity index (χ0v) is 29.8. The van der Waals surface area contributed by atoms with Crippen LogP contribution < -0.4 is 4.74 Å². The van der Waals surface area contributed by atoms with Crippen molar-refractivity contribution in [3.8, 4) is 34.3 Å². The van der Waals surface area contributed by atoms with Crippen LogP contribution in [0.25, 0.3) is 50.1 Å². The zero-order chi connectivity index (χ0) is 32.8. The number of hydrogen-bond donors (Lipinski definition) is 0. The Morgan fingerprint density at radius 2 is 1.41 bits per heavy atom. The summed E-state index contributed by atoms with van der Waals surface area (Å²) in [5, 5.41) is 7.33. The summed E-state index contributed by atoms with van der Waals surface area (Å²) in [6, 6.07) is 49.6. The molecule has 0 amide bonds. The molecule has 5 nitrogen and oxygen atoms in total. The number of nitrogens with zero attached hydrogens (tertiary/aromatic N) is 4. The molecule has 6 heteroatoms. The summed E-state index contributed by atoms with van der Waals surface area (Å²) in [5.74, 6) is 2.06. The van der Waals surface area contributed by atoms with Crippen LogP contribution in [0.4, 0.5) is 0 Å². The first kappa shape index (κ1) is 30.3. The van der Waals surface area contributed by atoms with Crippen LogP contribution in [0.15, 0.2) is 139 Å². The SMILES string of the molecule is [Pt+2].[c-]1c(Oc2[c-]c3c(cc2)c2ccccc2n3-c2ccccn2)cccc1-n1ncc2c1-c1ccccc1C21C2=C(CCCC2)c2ccccc21. The first-order chi connectivity index (χ1) is 24.8. The van der Waals surface area contributed by atoms with E-state index < -0.39 is 0 Å². The molecule has 246 valence electrons. The normalized spacial score (nSPS) is 16.9. The maximum Gasteiger partial charge on any atom is 2.00 e. The van der Waals surface area contributed by atoms with E-state index in [1.54, 1.807) is 11.1 Å². The number of ether oxygens (including phenoxy) is 1. The second-order valence-corrected chi connectivity index (χ2v) is 13.5. The van der Waals surface area contributed by atoms with E-state index in [9.17, 15) is 0 Å². The minimum Gasteiger partial charge on any atom is -0.509 e. The van der Waals surface area contributed by atoms with Gasteiger partial charge in [0.1, 0.15) is 5.82 Å². The van der Waals surface area contributed by atoms with Gasteiger partial charge in [-0.1, -0.05) is 78.3 Å². The molecule has 0 fully saturated rings. The standard InChI is InChI=1S/C45H30N4O.Pt/c1-5-18-37-32(14-1)33-15-2-6-19-38(33)45(37)39-20-7-3-17-36(39)44-40(45)28-47-49(44)29-12-11-13-30(26-29)50-31-23-24-35-34-16-4-8-21-41(34)48(42(35)27-31)43-22-9-10-25-46-43;/h1,3-5,7-14,16-18,20-25,28H,2,6,15,19H2;/q-2;+2. The fourth-order valence-corrected chi connectivity index (χ4v) is 9.09. The number of aromatic nitrogens is 4. The molecule has 0 bridgehead atoms. The Morgan fingerprint density at radius 1 is 0.647 bits per heavy atom. The van der Waals surface area contributed by atoms with Crippen molar-refractivity contribution >= 4 is 27.4 Å². The van der Waals surface area contributed by atoms with Crippen LogP contribution in [0, 0.1) is 12.1 Å². The molecule has 0 N–H and O–H groups in total. The van der Waals surface area contributed by atoms with Crippen molar-refractivity contribution in [2.75, 3.05) is 0 Å². The van der Waals surface area contributed by atoms with Crippen molar-refractivity contribution in [2.24, 2.45) is 0 Å². The summed E-state index contributed by atoms with van der Waals surface area (Å²) in [5.41, 5.74) is 13.4. The van der Waals surface area contributed by atoms with Gasteiger partial charge in [-0.05, 0) is 82.8 Å². The predicted octanol–water partition coefficient (Wildman–Crippen LogP) is 10.4. The molecule has 3 aliphatic carbocycles. The van der Waals surface area contributed by atoms with Crippen LogP contribution in [0.5, 0.6) is 11.5 Å². The third kappa shape index (κ3) is 4.19. The topological polar surface area (TPSA) is 44.9 Å². The fraction of sp³-hybridized carbons (Fsp3) is 0.111. The van der Waals surface area contributed by atoms with Gasteiger partial charge in [0.2, 0.25) is 0 Å². The Kier molecular flexibility index (Phi) is 6.85. The van der Waals surface area contributed by atoms with Gasteiger partial charge in [0.25, 0.3) is 0 Å². The maximum atomic E-state index is 6.52. The number of fused-ring (bicyclic) bond motifs is 12. The molecule has 0 radical (unpaired) electrons. The van der Waals surface area contributed by atoms with Gasteiger partial charge in [0.15, 0.2) is 0 Å². The molecule has 3 aliphatic rings. The van der Waals surface area contributed by atoms with Crippen LogP contribution in [-0.2, 0) is 26.5 Å². The summed E-state index contributed by atoms with van der Waals surface area (Å²) in [6.07, 6.45) is 8.64. The molecular weight excluding hydrogens is 808 g/mol. The Bertz CT molecular complexity index is 2710. The second kappa shape index (κ2) is 11.5. The van der Waals surface area contributed by atoms with Crippen molar-refractivity contribution in [1.82, 2.24) is 19.3 Å². The van der Waals surface area contributed by atoms with Crippen LogP contribution in [0.2, 0.25) is 0 Å². The molecule has 0 saturated heterocycles. The number of para-hydroxylation sites is 1. The van der Waals surface area contributed by atoms with Crippen molar-refractivity contribution in [2.45, 2.75) is 31.1 Å². The molecule has 0 aliphatic heterocycles. The molecule has 8 aromatic rings. The van der Waals surface area contributed by atoms with Gasteiger partial charge in [-0.3, -0.25) is 4.68 Å². The van der Waals surface area contributed by atoms with Crippen LogP contribution >= 0.6 is 0 Å². The van der Waals surface area contributed by atoms with Gasteiger partial charge in [-0.2, -0.15) is 17.2 Å². The minimum absolute atomic E-state index is 0. The molecule has 3 aromatic heterocycles. The van der Waals surface area contributed by atoms with Gasteiger partial charge >= 0.3 is 21.1 Å². The first-order valence-electron chi connectivity index (χ1n) is 17.4. The van der Waals surface area contributed by atoms with Crippen LogP contribution in [0.3, 0.4) is 0 Å². The number of rotatable bonds is 4. The van der Waals surface area contributed by atoms with E-state index in [0.29, 0.717) is 11.5 Å². The Balaban J connectivity index is 0.00000327. The monoisotopic (exact) mass is 837 g/mol. The number of pyridine rings is 1. The smallest absolute Gasteiger partial charge is 0.509 e. The van der Waals surface area contributed by atoms with Crippen molar-refractivity contribution in [1.29, 1.82) is 0 Å². The molecule has 1 unspecified atom stereocenters.